The van der Waals surface area contributed by atoms with E-state index in [4.69, 9.17) is 29.7 Å². The normalized spacial score (nSPS) is 12.0. The maximum absolute atomic E-state index is 11.3. The van der Waals surface area contributed by atoms with Crippen LogP contribution in [-0.4, -0.2) is 74.0 Å². The van der Waals surface area contributed by atoms with Crippen LogP contribution in [0.3, 0.4) is 0 Å². The average molecular weight is 1490 g/mol. The summed E-state index contributed by atoms with van der Waals surface area (Å²) < 4.78 is 12.7. The summed E-state index contributed by atoms with van der Waals surface area (Å²) in [6.45, 7) is 13.3. The molecule has 4 aromatic carbocycles. The van der Waals surface area contributed by atoms with Crippen molar-refractivity contribution in [1.82, 2.24) is 4.90 Å². The number of phenols is 2. The maximum Gasteiger partial charge on any atom is 0.150 e. The summed E-state index contributed by atoms with van der Waals surface area (Å²) in [6, 6.07) is 24.1. The molecule has 11 heteroatoms. The Bertz CT molecular complexity index is 2630. The SMILES string of the molecule is CCCCCCCCCCCCCCCCCCOc1cc(O)c(C=NCCCN(C)CCCN=Cc2cc(N=Nc3ccc(CCCCCCCCCCCCCC)cc3)c(OCCCCCCCCCCCCCCCCCC)cc2O)cc1N=Nc1ccc(CCCCCCCCCCCCCC)cc1. The van der Waals surface area contributed by atoms with Gasteiger partial charge in [0.15, 0.2) is 11.5 Å². The number of benzene rings is 4. The number of nitrogens with zero attached hydrogens (tertiary/aromatic N) is 7. The van der Waals surface area contributed by atoms with Gasteiger partial charge < -0.3 is 24.6 Å². The first kappa shape index (κ1) is 95.0. The van der Waals surface area contributed by atoms with E-state index in [0.717, 1.165) is 75.8 Å². The van der Waals surface area contributed by atoms with Crippen LogP contribution in [-0.2, 0) is 12.8 Å². The fraction of sp³-hybridized carbons (Fsp3) is 0.732. The highest BCUT2D eigenvalue weighted by Crippen LogP contribution is 2.38. The van der Waals surface area contributed by atoms with Crippen LogP contribution in [0.15, 0.2) is 103 Å². The number of phenolic OH excluding ortho intramolecular Hbond substituents is 2. The predicted molar refractivity (Wildman–Crippen MR) is 469 cm³/mol. The number of unbranched alkanes of at least 4 members (excludes halogenated alkanes) is 52. The van der Waals surface area contributed by atoms with Gasteiger partial charge in [0.1, 0.15) is 22.9 Å². The molecule has 0 aliphatic rings. The van der Waals surface area contributed by atoms with Crippen molar-refractivity contribution in [2.75, 3.05) is 46.4 Å². The lowest BCUT2D eigenvalue weighted by Crippen LogP contribution is -2.22. The quantitative estimate of drug-likeness (QED) is 0.0258. The smallest absolute Gasteiger partial charge is 0.150 e. The summed E-state index contributed by atoms with van der Waals surface area (Å²) in [5.41, 5.74) is 6.66. The number of aliphatic imine (C=N–C) groups is 2. The molecule has 0 amide bonds. The number of rotatable bonds is 76. The van der Waals surface area contributed by atoms with Gasteiger partial charge in [-0.05, 0) is 119 Å². The minimum absolute atomic E-state index is 0.124. The van der Waals surface area contributed by atoms with Gasteiger partial charge in [-0.15, -0.1) is 10.2 Å². The molecule has 0 unspecified atom stereocenters. The van der Waals surface area contributed by atoms with Gasteiger partial charge in [-0.3, -0.25) is 9.98 Å². The van der Waals surface area contributed by atoms with Crippen molar-refractivity contribution >= 4 is 35.2 Å². The van der Waals surface area contributed by atoms with E-state index in [1.54, 1.807) is 24.6 Å². The van der Waals surface area contributed by atoms with E-state index < -0.39 is 0 Å². The molecule has 0 spiro atoms. The maximum atomic E-state index is 11.3. The van der Waals surface area contributed by atoms with Crippen molar-refractivity contribution in [1.29, 1.82) is 0 Å². The summed E-state index contributed by atoms with van der Waals surface area (Å²) >= 11 is 0. The second-order valence-corrected chi connectivity index (χ2v) is 32.2. The van der Waals surface area contributed by atoms with Crippen molar-refractivity contribution in [2.24, 2.45) is 30.4 Å². The summed E-state index contributed by atoms with van der Waals surface area (Å²) in [5.74, 6) is 1.34. The average Bonchev–Trinajstić information content (AvgIpc) is 0.839. The third-order valence-electron chi connectivity index (χ3n) is 21.9. The highest BCUT2D eigenvalue weighted by Gasteiger charge is 2.14. The molecule has 0 fully saturated rings. The topological polar surface area (TPSA) is 136 Å². The van der Waals surface area contributed by atoms with Crippen molar-refractivity contribution in [3.8, 4) is 23.0 Å². The van der Waals surface area contributed by atoms with E-state index in [1.165, 1.54) is 345 Å². The molecular formula is C97H163N7O4. The monoisotopic (exact) mass is 1490 g/mol. The Morgan fingerprint density at radius 3 is 0.787 bits per heavy atom. The van der Waals surface area contributed by atoms with Crippen LogP contribution >= 0.6 is 0 Å². The number of ether oxygens (including phenoxy) is 2. The van der Waals surface area contributed by atoms with Crippen LogP contribution < -0.4 is 9.47 Å². The summed E-state index contributed by atoms with van der Waals surface area (Å²) in [6.07, 6.45) is 82.4. The van der Waals surface area contributed by atoms with Gasteiger partial charge in [0.05, 0.1) is 24.6 Å². The Morgan fingerprint density at radius 1 is 0.287 bits per heavy atom. The molecule has 0 radical (unpaired) electrons. The molecule has 2 N–H and O–H groups in total. The first-order chi connectivity index (χ1) is 53.3. The molecule has 4 aromatic rings. The van der Waals surface area contributed by atoms with Crippen LogP contribution in [0.25, 0.3) is 0 Å². The van der Waals surface area contributed by atoms with Crippen molar-refractivity contribution < 1.29 is 19.7 Å². The van der Waals surface area contributed by atoms with E-state index in [0.29, 0.717) is 60.3 Å². The number of hydrogen-bond acceptors (Lipinski definition) is 11. The van der Waals surface area contributed by atoms with Crippen molar-refractivity contribution in [2.45, 2.75) is 413 Å². The fourth-order valence-electron chi connectivity index (χ4n) is 14.7. The molecule has 108 heavy (non-hydrogen) atoms. The molecule has 0 atom stereocenters. The first-order valence-electron chi connectivity index (χ1n) is 46.0. The summed E-state index contributed by atoms with van der Waals surface area (Å²) in [5, 5.41) is 41.5. The van der Waals surface area contributed by atoms with Crippen LogP contribution in [0.2, 0.25) is 0 Å². The Kier molecular flexibility index (Phi) is 61.1. The van der Waals surface area contributed by atoms with Gasteiger partial charge in [0.2, 0.25) is 0 Å². The molecule has 0 bridgehead atoms. The van der Waals surface area contributed by atoms with Gasteiger partial charge in [-0.2, -0.15) is 10.2 Å². The molecule has 610 valence electrons. The van der Waals surface area contributed by atoms with Gasteiger partial charge in [-0.25, -0.2) is 0 Å². The molecule has 0 saturated heterocycles. The minimum Gasteiger partial charge on any atom is -0.507 e. The number of azo groups is 2. The fourth-order valence-corrected chi connectivity index (χ4v) is 14.7. The number of hydrogen-bond donors (Lipinski definition) is 2. The molecule has 11 nitrogen and oxygen atoms in total. The highest BCUT2D eigenvalue weighted by molar-refractivity contribution is 5.87. The highest BCUT2D eigenvalue weighted by atomic mass is 16.5. The summed E-state index contributed by atoms with van der Waals surface area (Å²) in [4.78, 5) is 11.9. The predicted octanol–water partition coefficient (Wildman–Crippen LogP) is 31.9. The Morgan fingerprint density at radius 2 is 0.528 bits per heavy atom. The molecule has 0 aromatic heterocycles. The van der Waals surface area contributed by atoms with Gasteiger partial charge in [-0.1, -0.05) is 386 Å². The van der Waals surface area contributed by atoms with E-state index >= 15 is 0 Å². The van der Waals surface area contributed by atoms with E-state index in [1.807, 2.05) is 12.1 Å². The first-order valence-corrected chi connectivity index (χ1v) is 46.0. The van der Waals surface area contributed by atoms with E-state index in [2.05, 4.69) is 98.4 Å². The lowest BCUT2D eigenvalue weighted by Gasteiger charge is -2.15. The molecular weight excluding hydrogens is 1330 g/mol. The Labute approximate surface area is 664 Å². The van der Waals surface area contributed by atoms with E-state index in [-0.39, 0.29) is 11.5 Å². The lowest BCUT2D eigenvalue weighted by molar-refractivity contribution is 0.303. The van der Waals surface area contributed by atoms with Crippen molar-refractivity contribution in [3.63, 3.8) is 0 Å². The number of aromatic hydroxyl groups is 2. The lowest BCUT2D eigenvalue weighted by atomic mass is 10.0. The van der Waals surface area contributed by atoms with Gasteiger partial charge in [0.25, 0.3) is 0 Å². The standard InChI is InChI=1S/C97H163N7O4/c1-6-10-14-18-22-26-30-34-36-38-40-44-48-52-56-60-78-107-96-82-94(105)88(80-92(96)102-100-90-70-66-86(67-71-90)64-58-54-50-46-42-32-28-24-20-16-12-8-3)84-98-74-62-76-104(5)77-63-75-99-85-89-81-93(103-101-91-72-68-87(69-73-91)65-59-55-51-47-43-33-29-25-21-17-13-9-4)97(83-95(89)106)108-79-61-57-53-49-45-41-39-37-35-31-27-23-19-15-11-7-2/h66-73,80-85,105-106H,6-65,74-79H2,1-5H3. The molecule has 0 aliphatic carbocycles. The third kappa shape index (κ3) is 51.9. The Balaban J connectivity index is 1.26. The summed E-state index contributed by atoms with van der Waals surface area (Å²) in [7, 11) is 2.14. The third-order valence-corrected chi connectivity index (χ3v) is 21.9. The molecule has 4 rings (SSSR count). The zero-order valence-electron chi connectivity index (χ0n) is 70.6. The number of aryl methyl sites for hydroxylation is 2. The Hall–Kier alpha value is -5.42. The van der Waals surface area contributed by atoms with Crippen LogP contribution in [0, 0.1) is 0 Å². The molecule has 0 aliphatic heterocycles. The van der Waals surface area contributed by atoms with Crippen LogP contribution in [0.4, 0.5) is 22.7 Å². The second-order valence-electron chi connectivity index (χ2n) is 32.2. The minimum atomic E-state index is 0.124. The van der Waals surface area contributed by atoms with Crippen LogP contribution in [0.5, 0.6) is 23.0 Å². The zero-order valence-corrected chi connectivity index (χ0v) is 70.6. The molecule has 0 heterocycles. The van der Waals surface area contributed by atoms with E-state index in [9.17, 15) is 10.2 Å². The second kappa shape index (κ2) is 69.5. The van der Waals surface area contributed by atoms with Gasteiger partial charge in [0, 0.05) is 48.8 Å². The molecule has 0 saturated carbocycles. The van der Waals surface area contributed by atoms with Gasteiger partial charge >= 0.3 is 0 Å². The largest absolute Gasteiger partial charge is 0.507 e. The zero-order chi connectivity index (χ0) is 76.7. The van der Waals surface area contributed by atoms with Crippen LogP contribution in [0.1, 0.15) is 422 Å². The van der Waals surface area contributed by atoms with Crippen molar-refractivity contribution in [3.05, 3.63) is 95.1 Å².